The van der Waals surface area contributed by atoms with Crippen LogP contribution in [0.15, 0.2) is 47.4 Å². The summed E-state index contributed by atoms with van der Waals surface area (Å²) in [7, 11) is -3.26. The zero-order valence-corrected chi connectivity index (χ0v) is 16.4. The Morgan fingerprint density at radius 3 is 2.57 bits per heavy atom. The van der Waals surface area contributed by atoms with Crippen molar-refractivity contribution in [3.05, 3.63) is 48.3 Å². The van der Waals surface area contributed by atoms with Crippen molar-refractivity contribution in [2.75, 3.05) is 23.7 Å². The van der Waals surface area contributed by atoms with Gasteiger partial charge in [0, 0.05) is 31.6 Å². The quantitative estimate of drug-likeness (QED) is 0.705. The van der Waals surface area contributed by atoms with E-state index in [1.54, 1.807) is 37.3 Å². The maximum absolute atomic E-state index is 13.1. The Balaban J connectivity index is 1.42. The van der Waals surface area contributed by atoms with Crippen LogP contribution in [0.2, 0.25) is 0 Å². The summed E-state index contributed by atoms with van der Waals surface area (Å²) in [6.45, 7) is 3.25. The van der Waals surface area contributed by atoms with Crippen LogP contribution in [-0.2, 0) is 9.84 Å². The molecule has 0 radical (unpaired) electrons. The molecular formula is C20H22FN3O3S. The minimum Gasteiger partial charge on any atom is -0.461 e. The van der Waals surface area contributed by atoms with Crippen molar-refractivity contribution in [3.8, 4) is 6.01 Å². The molecule has 148 valence electrons. The van der Waals surface area contributed by atoms with Crippen LogP contribution in [0.1, 0.15) is 19.8 Å². The number of piperidine rings is 1. The van der Waals surface area contributed by atoms with E-state index in [-0.39, 0.29) is 22.6 Å². The van der Waals surface area contributed by atoms with Crippen LogP contribution in [0.5, 0.6) is 6.01 Å². The second kappa shape index (κ2) is 7.43. The van der Waals surface area contributed by atoms with Crippen LogP contribution in [-0.4, -0.2) is 43.3 Å². The molecule has 0 atom stereocenters. The van der Waals surface area contributed by atoms with Crippen molar-refractivity contribution in [2.45, 2.75) is 30.8 Å². The third-order valence-corrected chi connectivity index (χ3v) is 6.82. The molecule has 0 amide bonds. The summed E-state index contributed by atoms with van der Waals surface area (Å²) in [5.74, 6) is -0.176. The standard InChI is InChI=1S/C20H22FN3O3S/c1-2-28(25,26)17-7-8-18-19(13-17)23-20(22-18)27-16-9-11-24(12-10-16)15-5-3-14(21)4-6-15/h3-8,13,16H,2,9-12H2,1H3,(H,22,23). The second-order valence-corrected chi connectivity index (χ2v) is 9.18. The molecule has 0 spiro atoms. The number of ether oxygens (including phenoxy) is 1. The summed E-state index contributed by atoms with van der Waals surface area (Å²) in [6, 6.07) is 11.8. The molecule has 1 N–H and O–H groups in total. The molecule has 1 aliphatic rings. The van der Waals surface area contributed by atoms with E-state index in [2.05, 4.69) is 14.9 Å². The van der Waals surface area contributed by atoms with Gasteiger partial charge in [0.1, 0.15) is 11.9 Å². The SMILES string of the molecule is CCS(=O)(=O)c1ccc2nc(OC3CCN(c4ccc(F)cc4)CC3)[nH]c2c1. The highest BCUT2D eigenvalue weighted by molar-refractivity contribution is 7.91. The fourth-order valence-electron chi connectivity index (χ4n) is 3.42. The lowest BCUT2D eigenvalue weighted by Crippen LogP contribution is -2.38. The van der Waals surface area contributed by atoms with E-state index in [4.69, 9.17) is 4.74 Å². The molecule has 1 saturated heterocycles. The maximum Gasteiger partial charge on any atom is 0.294 e. The lowest BCUT2D eigenvalue weighted by atomic mass is 10.1. The van der Waals surface area contributed by atoms with Crippen LogP contribution in [0.4, 0.5) is 10.1 Å². The minimum absolute atomic E-state index is 0.0242. The Bertz CT molecular complexity index is 1070. The third kappa shape index (κ3) is 3.82. The molecule has 6 nitrogen and oxygen atoms in total. The van der Waals surface area contributed by atoms with Crippen LogP contribution < -0.4 is 9.64 Å². The number of H-pyrrole nitrogens is 1. The van der Waals surface area contributed by atoms with Crippen LogP contribution >= 0.6 is 0 Å². The van der Waals surface area contributed by atoms with Gasteiger partial charge in [0.05, 0.1) is 21.7 Å². The molecule has 8 heteroatoms. The second-order valence-electron chi connectivity index (χ2n) is 6.91. The Labute approximate surface area is 163 Å². The van der Waals surface area contributed by atoms with Crippen molar-refractivity contribution in [2.24, 2.45) is 0 Å². The number of aromatic nitrogens is 2. The van der Waals surface area contributed by atoms with E-state index in [1.807, 2.05) is 0 Å². The number of aromatic amines is 1. The first kappa shape index (κ1) is 18.7. The molecule has 2 heterocycles. The van der Waals surface area contributed by atoms with Crippen LogP contribution in [0.25, 0.3) is 11.0 Å². The molecule has 1 fully saturated rings. The van der Waals surface area contributed by atoms with Crippen molar-refractivity contribution in [3.63, 3.8) is 0 Å². The summed E-state index contributed by atoms with van der Waals surface area (Å²) in [4.78, 5) is 9.98. The highest BCUT2D eigenvalue weighted by Crippen LogP contribution is 2.25. The van der Waals surface area contributed by atoms with Gasteiger partial charge in [-0.1, -0.05) is 6.92 Å². The average Bonchev–Trinajstić information content (AvgIpc) is 3.10. The molecule has 0 unspecified atom stereocenters. The van der Waals surface area contributed by atoms with E-state index in [1.165, 1.54) is 12.1 Å². The molecule has 1 aliphatic heterocycles. The van der Waals surface area contributed by atoms with Crippen molar-refractivity contribution >= 4 is 26.6 Å². The Hall–Kier alpha value is -2.61. The smallest absolute Gasteiger partial charge is 0.294 e. The first-order valence-corrected chi connectivity index (χ1v) is 11.0. The van der Waals surface area contributed by atoms with E-state index in [9.17, 15) is 12.8 Å². The molecule has 2 aromatic carbocycles. The van der Waals surface area contributed by atoms with Gasteiger partial charge >= 0.3 is 0 Å². The van der Waals surface area contributed by atoms with E-state index >= 15 is 0 Å². The number of fused-ring (bicyclic) bond motifs is 1. The molecule has 4 rings (SSSR count). The largest absolute Gasteiger partial charge is 0.461 e. The molecule has 0 saturated carbocycles. The topological polar surface area (TPSA) is 75.3 Å². The number of hydrogen-bond donors (Lipinski definition) is 1. The molecule has 3 aromatic rings. The number of sulfone groups is 1. The van der Waals surface area contributed by atoms with Gasteiger partial charge in [-0.15, -0.1) is 0 Å². The van der Waals surface area contributed by atoms with Gasteiger partial charge in [-0.2, -0.15) is 4.98 Å². The number of hydrogen-bond acceptors (Lipinski definition) is 5. The number of nitrogens with one attached hydrogen (secondary N) is 1. The number of imidazole rings is 1. The van der Waals surface area contributed by atoms with Gasteiger partial charge in [0.2, 0.25) is 0 Å². The van der Waals surface area contributed by atoms with Gasteiger partial charge in [-0.05, 0) is 42.5 Å². The predicted molar refractivity (Wildman–Crippen MR) is 106 cm³/mol. The third-order valence-electron chi connectivity index (χ3n) is 5.08. The highest BCUT2D eigenvalue weighted by Gasteiger charge is 2.22. The highest BCUT2D eigenvalue weighted by atomic mass is 32.2. The molecule has 0 aliphatic carbocycles. The zero-order valence-electron chi connectivity index (χ0n) is 15.6. The molecule has 0 bridgehead atoms. The van der Waals surface area contributed by atoms with Crippen LogP contribution in [0, 0.1) is 5.82 Å². The lowest BCUT2D eigenvalue weighted by Gasteiger charge is -2.33. The summed E-state index contributed by atoms with van der Waals surface area (Å²) >= 11 is 0. The Kier molecular flexibility index (Phi) is 4.97. The van der Waals surface area contributed by atoms with Gasteiger partial charge in [-0.25, -0.2) is 12.8 Å². The zero-order chi connectivity index (χ0) is 19.7. The Morgan fingerprint density at radius 1 is 1.18 bits per heavy atom. The van der Waals surface area contributed by atoms with E-state index < -0.39 is 9.84 Å². The molecular weight excluding hydrogens is 381 g/mol. The summed E-state index contributed by atoms with van der Waals surface area (Å²) < 4.78 is 43.2. The first-order chi connectivity index (χ1) is 13.4. The number of benzene rings is 2. The van der Waals surface area contributed by atoms with Gasteiger partial charge in [0.25, 0.3) is 6.01 Å². The van der Waals surface area contributed by atoms with E-state index in [0.29, 0.717) is 17.0 Å². The van der Waals surface area contributed by atoms with Crippen molar-refractivity contribution in [1.82, 2.24) is 9.97 Å². The maximum atomic E-state index is 13.1. The lowest BCUT2D eigenvalue weighted by molar-refractivity contribution is 0.158. The number of rotatable bonds is 5. The summed E-state index contributed by atoms with van der Waals surface area (Å²) in [5, 5.41) is 0. The van der Waals surface area contributed by atoms with Gasteiger partial charge in [-0.3, -0.25) is 0 Å². The first-order valence-electron chi connectivity index (χ1n) is 9.34. The van der Waals surface area contributed by atoms with E-state index in [0.717, 1.165) is 31.6 Å². The fraction of sp³-hybridized carbons (Fsp3) is 0.350. The number of nitrogens with zero attached hydrogens (tertiary/aromatic N) is 2. The Morgan fingerprint density at radius 2 is 1.89 bits per heavy atom. The van der Waals surface area contributed by atoms with Crippen molar-refractivity contribution < 1.29 is 17.5 Å². The average molecular weight is 403 g/mol. The number of anilines is 1. The fourth-order valence-corrected chi connectivity index (χ4v) is 4.33. The van der Waals surface area contributed by atoms with Crippen LogP contribution in [0.3, 0.4) is 0 Å². The van der Waals surface area contributed by atoms with Crippen molar-refractivity contribution in [1.29, 1.82) is 0 Å². The number of halogens is 1. The van der Waals surface area contributed by atoms with Gasteiger partial charge in [0.15, 0.2) is 9.84 Å². The molecule has 28 heavy (non-hydrogen) atoms. The molecule has 1 aromatic heterocycles. The summed E-state index contributed by atoms with van der Waals surface area (Å²) in [6.07, 6.45) is 1.67. The monoisotopic (exact) mass is 403 g/mol. The predicted octanol–water partition coefficient (Wildman–Crippen LogP) is 3.54. The minimum atomic E-state index is -3.26. The normalized spacial score (nSPS) is 15.9. The summed E-state index contributed by atoms with van der Waals surface area (Å²) in [5.41, 5.74) is 2.33. The van der Waals surface area contributed by atoms with Gasteiger partial charge < -0.3 is 14.6 Å².